The summed E-state index contributed by atoms with van der Waals surface area (Å²) in [7, 11) is 0. The predicted molar refractivity (Wildman–Crippen MR) is 107 cm³/mol. The van der Waals surface area contributed by atoms with Gasteiger partial charge in [-0.3, -0.25) is 0 Å². The Bertz CT molecular complexity index is 802. The fourth-order valence-corrected chi connectivity index (χ4v) is 4.15. The van der Waals surface area contributed by atoms with Crippen molar-refractivity contribution in [1.82, 2.24) is 0 Å². The Morgan fingerprint density at radius 3 is 2.17 bits per heavy atom. The molecule has 3 rings (SSSR count). The SMILES string of the molecule is CCCCC[C@H]1CC[C@H](c2cc(F)c(C(=O)Oc3ccc(F)cc3)c(F)c2)CC1. The minimum Gasteiger partial charge on any atom is -0.423 e. The Kier molecular flexibility index (Phi) is 7.34. The van der Waals surface area contributed by atoms with Crippen molar-refractivity contribution in [2.45, 2.75) is 64.2 Å². The van der Waals surface area contributed by atoms with Gasteiger partial charge in [-0.2, -0.15) is 0 Å². The number of carbonyl (C=O) groups is 1. The van der Waals surface area contributed by atoms with Crippen molar-refractivity contribution < 1.29 is 22.7 Å². The first-order valence-electron chi connectivity index (χ1n) is 10.4. The molecule has 0 unspecified atom stereocenters. The number of benzene rings is 2. The highest BCUT2D eigenvalue weighted by atomic mass is 19.1. The maximum Gasteiger partial charge on any atom is 0.349 e. The third kappa shape index (κ3) is 5.62. The van der Waals surface area contributed by atoms with Crippen LogP contribution >= 0.6 is 0 Å². The lowest BCUT2D eigenvalue weighted by Gasteiger charge is -2.29. The molecule has 0 amide bonds. The summed E-state index contributed by atoms with van der Waals surface area (Å²) in [4.78, 5) is 12.2. The average Bonchev–Trinajstić information content (AvgIpc) is 2.70. The Morgan fingerprint density at radius 2 is 1.59 bits per heavy atom. The lowest BCUT2D eigenvalue weighted by atomic mass is 9.77. The van der Waals surface area contributed by atoms with Crippen molar-refractivity contribution >= 4 is 5.97 Å². The van der Waals surface area contributed by atoms with Crippen molar-refractivity contribution in [3.05, 3.63) is 65.0 Å². The minimum atomic E-state index is -1.13. The van der Waals surface area contributed by atoms with Crippen LogP contribution in [0, 0.1) is 23.4 Å². The number of esters is 1. The highest BCUT2D eigenvalue weighted by Crippen LogP contribution is 2.38. The summed E-state index contributed by atoms with van der Waals surface area (Å²) in [5.74, 6) is -2.61. The van der Waals surface area contributed by atoms with Gasteiger partial charge in [0.05, 0.1) is 0 Å². The molecule has 0 heterocycles. The molecule has 2 aromatic carbocycles. The van der Waals surface area contributed by atoms with E-state index in [-0.39, 0.29) is 11.7 Å². The molecule has 0 radical (unpaired) electrons. The van der Waals surface area contributed by atoms with E-state index in [1.807, 2.05) is 0 Å². The van der Waals surface area contributed by atoms with Crippen molar-refractivity contribution in [2.24, 2.45) is 5.92 Å². The molecule has 2 aromatic rings. The molecule has 156 valence electrons. The summed E-state index contributed by atoms with van der Waals surface area (Å²) in [5.41, 5.74) is -0.114. The number of hydrogen-bond acceptors (Lipinski definition) is 2. The van der Waals surface area contributed by atoms with Crippen LogP contribution in [0.15, 0.2) is 36.4 Å². The fourth-order valence-electron chi connectivity index (χ4n) is 4.15. The topological polar surface area (TPSA) is 26.3 Å². The van der Waals surface area contributed by atoms with Gasteiger partial charge in [0, 0.05) is 0 Å². The first-order valence-corrected chi connectivity index (χ1v) is 10.4. The maximum absolute atomic E-state index is 14.6. The molecule has 0 bridgehead atoms. The number of unbranched alkanes of at least 4 members (excludes halogenated alkanes) is 2. The largest absolute Gasteiger partial charge is 0.423 e. The number of halogens is 3. The summed E-state index contributed by atoms with van der Waals surface area (Å²) < 4.78 is 47.0. The van der Waals surface area contributed by atoms with Crippen molar-refractivity contribution in [3.63, 3.8) is 0 Å². The van der Waals surface area contributed by atoms with Gasteiger partial charge >= 0.3 is 5.97 Å². The first kappa shape index (κ1) is 21.4. The molecule has 2 nitrogen and oxygen atoms in total. The second-order valence-electron chi connectivity index (χ2n) is 7.92. The summed E-state index contributed by atoms with van der Waals surface area (Å²) in [6, 6.07) is 7.19. The van der Waals surface area contributed by atoms with Gasteiger partial charge in [-0.25, -0.2) is 18.0 Å². The first-order chi connectivity index (χ1) is 14.0. The molecule has 1 aliphatic rings. The Balaban J connectivity index is 1.65. The van der Waals surface area contributed by atoms with Gasteiger partial charge in [-0.1, -0.05) is 32.6 Å². The quantitative estimate of drug-likeness (QED) is 0.278. The van der Waals surface area contributed by atoms with Gasteiger partial charge in [0.2, 0.25) is 0 Å². The van der Waals surface area contributed by atoms with Gasteiger partial charge < -0.3 is 4.74 Å². The van der Waals surface area contributed by atoms with Gasteiger partial charge in [0.15, 0.2) is 0 Å². The summed E-state index contributed by atoms with van der Waals surface area (Å²) in [6.45, 7) is 2.19. The second kappa shape index (κ2) is 9.95. The van der Waals surface area contributed by atoms with Crippen LogP contribution in [0.2, 0.25) is 0 Å². The molecule has 0 N–H and O–H groups in total. The van der Waals surface area contributed by atoms with E-state index < -0.39 is 29.0 Å². The smallest absolute Gasteiger partial charge is 0.349 e. The monoisotopic (exact) mass is 404 g/mol. The Labute approximate surface area is 170 Å². The molecule has 0 spiro atoms. The number of rotatable bonds is 7. The molecule has 5 heteroatoms. The van der Waals surface area contributed by atoms with Gasteiger partial charge in [-0.05, 0) is 79.5 Å². The van der Waals surface area contributed by atoms with Crippen LogP contribution in [-0.2, 0) is 0 Å². The number of hydrogen-bond donors (Lipinski definition) is 0. The molecule has 1 fully saturated rings. The zero-order chi connectivity index (χ0) is 20.8. The number of carbonyl (C=O) groups excluding carboxylic acids is 1. The van der Waals surface area contributed by atoms with E-state index in [1.165, 1.54) is 49.9 Å². The normalized spacial score (nSPS) is 19.2. The van der Waals surface area contributed by atoms with Gasteiger partial charge in [-0.15, -0.1) is 0 Å². The van der Waals surface area contributed by atoms with Gasteiger partial charge in [0.1, 0.15) is 28.8 Å². The zero-order valence-electron chi connectivity index (χ0n) is 16.7. The molecule has 0 atom stereocenters. The predicted octanol–water partition coefficient (Wildman–Crippen LogP) is 7.18. The summed E-state index contributed by atoms with van der Waals surface area (Å²) >= 11 is 0. The number of ether oxygens (including phenoxy) is 1. The molecular weight excluding hydrogens is 377 g/mol. The molecule has 29 heavy (non-hydrogen) atoms. The van der Waals surface area contributed by atoms with Crippen molar-refractivity contribution in [1.29, 1.82) is 0 Å². The average molecular weight is 404 g/mol. The molecule has 1 aliphatic carbocycles. The Hall–Kier alpha value is -2.30. The molecular formula is C24H27F3O2. The third-order valence-electron chi connectivity index (χ3n) is 5.83. The van der Waals surface area contributed by atoms with E-state index in [4.69, 9.17) is 4.74 Å². The van der Waals surface area contributed by atoms with E-state index >= 15 is 0 Å². The minimum absolute atomic E-state index is 0.0284. The highest BCUT2D eigenvalue weighted by Gasteiger charge is 2.26. The van der Waals surface area contributed by atoms with Crippen LogP contribution in [0.25, 0.3) is 0 Å². The van der Waals surface area contributed by atoms with Crippen molar-refractivity contribution in [2.75, 3.05) is 0 Å². The second-order valence-corrected chi connectivity index (χ2v) is 7.92. The summed E-state index contributed by atoms with van der Waals surface area (Å²) in [6.07, 6.45) is 8.93. The third-order valence-corrected chi connectivity index (χ3v) is 5.83. The van der Waals surface area contributed by atoms with Crippen LogP contribution in [0.5, 0.6) is 5.75 Å². The molecule has 0 aromatic heterocycles. The molecule has 0 saturated heterocycles. The van der Waals surface area contributed by atoms with Gasteiger partial charge in [0.25, 0.3) is 0 Å². The molecule has 1 saturated carbocycles. The lowest BCUT2D eigenvalue weighted by molar-refractivity contribution is 0.0724. The lowest BCUT2D eigenvalue weighted by Crippen LogP contribution is -2.16. The van der Waals surface area contributed by atoms with Crippen LogP contribution in [0.3, 0.4) is 0 Å². The van der Waals surface area contributed by atoms with Crippen LogP contribution in [-0.4, -0.2) is 5.97 Å². The van der Waals surface area contributed by atoms with E-state index in [1.54, 1.807) is 0 Å². The van der Waals surface area contributed by atoms with E-state index in [9.17, 15) is 18.0 Å². The van der Waals surface area contributed by atoms with Crippen LogP contribution in [0.4, 0.5) is 13.2 Å². The van der Waals surface area contributed by atoms with E-state index in [2.05, 4.69) is 6.92 Å². The van der Waals surface area contributed by atoms with E-state index in [0.29, 0.717) is 11.5 Å². The Morgan fingerprint density at radius 1 is 0.966 bits per heavy atom. The maximum atomic E-state index is 14.6. The van der Waals surface area contributed by atoms with Crippen molar-refractivity contribution in [3.8, 4) is 5.75 Å². The fraction of sp³-hybridized carbons (Fsp3) is 0.458. The highest BCUT2D eigenvalue weighted by molar-refractivity contribution is 5.91. The van der Waals surface area contributed by atoms with Crippen LogP contribution < -0.4 is 4.74 Å². The van der Waals surface area contributed by atoms with Crippen LogP contribution in [0.1, 0.15) is 80.1 Å². The van der Waals surface area contributed by atoms with E-state index in [0.717, 1.165) is 37.8 Å². The summed E-state index contributed by atoms with van der Waals surface area (Å²) in [5, 5.41) is 0. The molecule has 0 aliphatic heterocycles. The zero-order valence-corrected chi connectivity index (χ0v) is 16.7. The standard InChI is InChI=1S/C24H27F3O2/c1-2-3-4-5-16-6-8-17(9-7-16)18-14-21(26)23(22(27)15-18)24(28)29-20-12-10-19(25)11-13-20/h10-17H,2-9H2,1H3/t16-,17-.